The van der Waals surface area contributed by atoms with Gasteiger partial charge in [0.2, 0.25) is 0 Å². The van der Waals surface area contributed by atoms with Crippen molar-refractivity contribution in [3.63, 3.8) is 0 Å². The first-order valence-electron chi connectivity index (χ1n) is 9.99. The van der Waals surface area contributed by atoms with Gasteiger partial charge in [-0.1, -0.05) is 18.2 Å². The van der Waals surface area contributed by atoms with Crippen LogP contribution in [0.3, 0.4) is 0 Å². The maximum absolute atomic E-state index is 12.3. The Bertz CT molecular complexity index is 1370. The van der Waals surface area contributed by atoms with E-state index in [0.29, 0.717) is 35.9 Å². The van der Waals surface area contributed by atoms with Crippen molar-refractivity contribution < 1.29 is 4.79 Å². The lowest BCUT2D eigenvalue weighted by Crippen LogP contribution is -2.26. The molecule has 4 aromatic rings. The Balaban J connectivity index is 1.54. The van der Waals surface area contributed by atoms with E-state index in [4.69, 9.17) is 7.85 Å². The van der Waals surface area contributed by atoms with Crippen LogP contribution in [-0.4, -0.2) is 52.3 Å². The summed E-state index contributed by atoms with van der Waals surface area (Å²) < 4.78 is 0. The number of carbonyl (C=O) groups excluding carboxylic acids is 1. The van der Waals surface area contributed by atoms with Crippen molar-refractivity contribution in [2.75, 3.05) is 18.9 Å². The molecule has 4 rings (SSSR count). The highest BCUT2D eigenvalue weighted by molar-refractivity contribution is 6.34. The van der Waals surface area contributed by atoms with Crippen LogP contribution in [0.25, 0.3) is 22.2 Å². The number of para-hydroxylation sites is 1. The Kier molecular flexibility index (Phi) is 5.93. The van der Waals surface area contributed by atoms with Crippen LogP contribution in [0.1, 0.15) is 21.7 Å². The number of aromatic nitrogens is 5. The maximum atomic E-state index is 12.3. The summed E-state index contributed by atoms with van der Waals surface area (Å²) in [6, 6.07) is 9.14. The number of nitrogens with zero attached hydrogens (tertiary/aromatic N) is 4. The molecule has 0 spiro atoms. The lowest BCUT2D eigenvalue weighted by atomic mass is 9.96. The topological polar surface area (TPSA) is 126 Å². The van der Waals surface area contributed by atoms with E-state index < -0.39 is 0 Å². The third-order valence-electron chi connectivity index (χ3n) is 5.02. The highest BCUT2D eigenvalue weighted by Gasteiger charge is 2.13. The fraction of sp³-hybridized carbons (Fsp3) is 0.182. The number of amides is 1. The van der Waals surface area contributed by atoms with Gasteiger partial charge in [-0.15, -0.1) is 0 Å². The lowest BCUT2D eigenvalue weighted by Gasteiger charge is -2.11. The molecule has 0 saturated carbocycles. The Labute approximate surface area is 185 Å². The van der Waals surface area contributed by atoms with Crippen molar-refractivity contribution in [2.24, 2.45) is 0 Å². The number of fused-ring (bicyclic) bond motifs is 1. The molecule has 0 aliphatic rings. The van der Waals surface area contributed by atoms with Gasteiger partial charge < -0.3 is 15.6 Å². The molecule has 0 saturated heterocycles. The first kappa shape index (κ1) is 21.2. The molecule has 3 heterocycles. The minimum Gasteiger partial charge on any atom is -0.370 e. The molecule has 3 aromatic heterocycles. The van der Waals surface area contributed by atoms with E-state index in [1.807, 2.05) is 18.2 Å². The van der Waals surface area contributed by atoms with Gasteiger partial charge in [-0.2, -0.15) is 0 Å². The van der Waals surface area contributed by atoms with Gasteiger partial charge in [0.15, 0.2) is 0 Å². The van der Waals surface area contributed by atoms with E-state index in [2.05, 4.69) is 35.6 Å². The van der Waals surface area contributed by atoms with E-state index in [0.717, 1.165) is 16.5 Å². The molecule has 1 aromatic carbocycles. The largest absolute Gasteiger partial charge is 0.370 e. The average molecular weight is 425 g/mol. The van der Waals surface area contributed by atoms with Gasteiger partial charge in [-0.3, -0.25) is 19.6 Å². The molecule has 0 fully saturated rings. The molecule has 0 aliphatic heterocycles. The monoisotopic (exact) mass is 425 g/mol. The van der Waals surface area contributed by atoms with Gasteiger partial charge >= 0.3 is 0 Å². The fourth-order valence-electron chi connectivity index (χ4n) is 3.54. The number of H-pyrrole nitrogens is 1. The summed E-state index contributed by atoms with van der Waals surface area (Å²) in [6.07, 6.45) is 3.65. The molecular formula is C22H20BN7O2. The van der Waals surface area contributed by atoms with Crippen molar-refractivity contribution in [1.29, 1.82) is 0 Å². The van der Waals surface area contributed by atoms with Crippen molar-refractivity contribution in [1.82, 2.24) is 30.2 Å². The lowest BCUT2D eigenvalue weighted by molar-refractivity contribution is 0.0964. The first-order chi connectivity index (χ1) is 15.5. The molecule has 0 aliphatic carbocycles. The van der Waals surface area contributed by atoms with Gasteiger partial charge in [0.05, 0.1) is 22.3 Å². The third kappa shape index (κ3) is 4.20. The molecule has 32 heavy (non-hydrogen) atoms. The van der Waals surface area contributed by atoms with E-state index in [9.17, 15) is 9.59 Å². The Morgan fingerprint density at radius 1 is 1.19 bits per heavy atom. The zero-order valence-electron chi connectivity index (χ0n) is 17.6. The number of aryl methyl sites for hydroxylation is 1. The summed E-state index contributed by atoms with van der Waals surface area (Å²) in [5, 5.41) is 6.69. The van der Waals surface area contributed by atoms with Crippen LogP contribution < -0.4 is 21.8 Å². The number of hydrogen-bond acceptors (Lipinski definition) is 7. The van der Waals surface area contributed by atoms with Crippen LogP contribution in [-0.2, 0) is 6.42 Å². The molecule has 9 nitrogen and oxygen atoms in total. The number of benzene rings is 1. The number of rotatable bonds is 6. The quantitative estimate of drug-likeness (QED) is 0.392. The maximum Gasteiger partial charge on any atom is 0.259 e. The number of nitrogens with one attached hydrogen (secondary N) is 3. The van der Waals surface area contributed by atoms with Gasteiger partial charge in [0.25, 0.3) is 11.5 Å². The van der Waals surface area contributed by atoms with Gasteiger partial charge in [-0.25, -0.2) is 9.97 Å². The second-order valence-corrected chi connectivity index (χ2v) is 7.13. The van der Waals surface area contributed by atoms with Crippen molar-refractivity contribution in [3.05, 3.63) is 70.2 Å². The molecule has 0 bridgehead atoms. The second-order valence-electron chi connectivity index (χ2n) is 7.13. The molecule has 10 heteroatoms. The van der Waals surface area contributed by atoms with Crippen LogP contribution in [0.15, 0.2) is 47.7 Å². The zero-order chi connectivity index (χ0) is 22.7. The zero-order valence-corrected chi connectivity index (χ0v) is 17.6. The molecule has 1 amide bonds. The number of hydrogen-bond donors (Lipinski definition) is 3. The number of aromatic amines is 1. The minimum atomic E-state index is -0.353. The van der Waals surface area contributed by atoms with Crippen molar-refractivity contribution >= 4 is 36.1 Å². The summed E-state index contributed by atoms with van der Waals surface area (Å²) in [5.74, 6) is 0.835. The van der Waals surface area contributed by atoms with Crippen molar-refractivity contribution in [3.8, 4) is 11.3 Å². The van der Waals surface area contributed by atoms with Gasteiger partial charge in [0.1, 0.15) is 25.8 Å². The SMILES string of the molecule is [B]c1nc(C)[nH]c(=O)c1-c1cc(NCCc2cccc3c(C(=O)NC)ccnc23)ncn1. The number of pyridine rings is 1. The number of anilines is 1. The molecule has 0 atom stereocenters. The van der Waals surface area contributed by atoms with Crippen LogP contribution >= 0.6 is 0 Å². The van der Waals surface area contributed by atoms with E-state index >= 15 is 0 Å². The molecular weight excluding hydrogens is 405 g/mol. The smallest absolute Gasteiger partial charge is 0.259 e. The van der Waals surface area contributed by atoms with Crippen LogP contribution in [0.2, 0.25) is 0 Å². The second kappa shape index (κ2) is 8.97. The van der Waals surface area contributed by atoms with E-state index in [1.165, 1.54) is 6.33 Å². The van der Waals surface area contributed by atoms with Crippen LogP contribution in [0, 0.1) is 6.92 Å². The molecule has 158 valence electrons. The molecule has 2 radical (unpaired) electrons. The van der Waals surface area contributed by atoms with E-state index in [-0.39, 0.29) is 22.6 Å². The fourth-order valence-corrected chi connectivity index (χ4v) is 3.54. The first-order valence-corrected chi connectivity index (χ1v) is 9.99. The third-order valence-corrected chi connectivity index (χ3v) is 5.02. The minimum absolute atomic E-state index is 0.115. The highest BCUT2D eigenvalue weighted by atomic mass is 16.1. The predicted molar refractivity (Wildman–Crippen MR) is 123 cm³/mol. The Hall–Kier alpha value is -4.08. The Morgan fingerprint density at radius 3 is 2.81 bits per heavy atom. The van der Waals surface area contributed by atoms with Crippen LogP contribution in [0.4, 0.5) is 5.82 Å². The summed E-state index contributed by atoms with van der Waals surface area (Å²) in [6.45, 7) is 2.22. The normalized spacial score (nSPS) is 10.8. The van der Waals surface area contributed by atoms with Gasteiger partial charge in [0, 0.05) is 36.8 Å². The average Bonchev–Trinajstić information content (AvgIpc) is 2.78. The van der Waals surface area contributed by atoms with Crippen molar-refractivity contribution in [2.45, 2.75) is 13.3 Å². The highest BCUT2D eigenvalue weighted by Crippen LogP contribution is 2.21. The predicted octanol–water partition coefficient (Wildman–Crippen LogP) is 0.892. The summed E-state index contributed by atoms with van der Waals surface area (Å²) >= 11 is 0. The Morgan fingerprint density at radius 2 is 2.03 bits per heavy atom. The van der Waals surface area contributed by atoms with E-state index in [1.54, 1.807) is 32.3 Å². The number of carbonyl (C=O) groups is 1. The summed E-state index contributed by atoms with van der Waals surface area (Å²) in [5.41, 5.74) is 2.72. The van der Waals surface area contributed by atoms with Gasteiger partial charge in [-0.05, 0) is 25.0 Å². The van der Waals surface area contributed by atoms with Crippen LogP contribution in [0.5, 0.6) is 0 Å². The summed E-state index contributed by atoms with van der Waals surface area (Å²) in [7, 11) is 7.53. The summed E-state index contributed by atoms with van der Waals surface area (Å²) in [4.78, 5) is 44.0. The standard InChI is InChI=1S/C22H20BN7O2/c1-12-29-20(23)18(22(32)30-12)16-10-17(28-11-27-16)25-8-6-13-4-3-5-14-15(21(31)24-2)7-9-26-19(13)14/h3-5,7,9-11H,6,8H2,1-2H3,(H,24,31)(H,25,27,28)(H,29,30,32). The molecule has 3 N–H and O–H groups in total. The molecule has 0 unspecified atom stereocenters.